The van der Waals surface area contributed by atoms with Crippen molar-refractivity contribution >= 4 is 78.9 Å². The molecule has 0 aliphatic carbocycles. The van der Waals surface area contributed by atoms with Crippen LogP contribution in [0.2, 0.25) is 5.02 Å². The van der Waals surface area contributed by atoms with Gasteiger partial charge in [-0.1, -0.05) is 11.6 Å². The van der Waals surface area contributed by atoms with Crippen LogP contribution in [0.1, 0.15) is 58.6 Å². The van der Waals surface area contributed by atoms with Crippen molar-refractivity contribution < 1.29 is 32.2 Å². The number of nitrogens with zero attached hydrogens (tertiary/aromatic N) is 3. The fraction of sp³-hybridized carbons (Fsp3) is 0.281. The van der Waals surface area contributed by atoms with Crippen LogP contribution in [-0.4, -0.2) is 39.0 Å². The van der Waals surface area contributed by atoms with E-state index in [9.17, 15) is 27.6 Å². The molecule has 0 amide bonds. The van der Waals surface area contributed by atoms with E-state index in [1.165, 1.54) is 22.8 Å². The number of hydrogen-bond donors (Lipinski definition) is 0. The van der Waals surface area contributed by atoms with Gasteiger partial charge in [-0.3, -0.25) is 19.1 Å². The van der Waals surface area contributed by atoms with Crippen molar-refractivity contribution in [1.29, 1.82) is 0 Å². The number of carbonyl (C=O) groups excluding carboxylic acids is 2. The highest BCUT2D eigenvalue weighted by molar-refractivity contribution is 14.1. The van der Waals surface area contributed by atoms with Gasteiger partial charge in [0.1, 0.15) is 23.8 Å². The third-order valence-corrected chi connectivity index (χ3v) is 9.27. The molecule has 0 unspecified atom stereocenters. The summed E-state index contributed by atoms with van der Waals surface area (Å²) in [5.74, 6) is 0.135. The molecule has 8 nitrogen and oxygen atoms in total. The minimum atomic E-state index is -4.79. The maximum absolute atomic E-state index is 13.6. The van der Waals surface area contributed by atoms with Crippen LogP contribution in [0.3, 0.4) is 0 Å². The lowest BCUT2D eigenvalue weighted by Crippen LogP contribution is -2.28. The first-order valence-corrected chi connectivity index (χ1v) is 16.1. The number of hydrogen-bond acceptors (Lipinski definition) is 8. The number of pyridine rings is 1. The van der Waals surface area contributed by atoms with Gasteiger partial charge in [0.05, 0.1) is 38.8 Å². The number of ether oxygens (including phenoxy) is 2. The zero-order valence-electron chi connectivity index (χ0n) is 25.1. The van der Waals surface area contributed by atoms with Crippen LogP contribution in [0.5, 0.6) is 5.75 Å². The van der Waals surface area contributed by atoms with Gasteiger partial charge in [0.25, 0.3) is 5.56 Å². The molecule has 5 rings (SSSR count). The SMILES string of the molecule is Cc1cc(-c2cc(Cl)ccc2OCCn2c(C)nc3cc(C(F)(F)F)c(C=O)c(I)c3c2=O)c2scc(C(=O)OC(C)(C)C)c2n1. The van der Waals surface area contributed by atoms with Gasteiger partial charge in [0.2, 0.25) is 0 Å². The first kappa shape index (κ1) is 33.8. The number of carbonyl (C=O) groups is 2. The molecule has 0 bridgehead atoms. The Kier molecular flexibility index (Phi) is 9.23. The summed E-state index contributed by atoms with van der Waals surface area (Å²) in [6, 6.07) is 7.66. The molecule has 0 radical (unpaired) electrons. The largest absolute Gasteiger partial charge is 0.491 e. The van der Waals surface area contributed by atoms with E-state index in [1.807, 2.05) is 13.0 Å². The van der Waals surface area contributed by atoms with Crippen molar-refractivity contribution in [2.75, 3.05) is 6.61 Å². The Morgan fingerprint density at radius 3 is 2.48 bits per heavy atom. The summed E-state index contributed by atoms with van der Waals surface area (Å²) in [5.41, 5.74) is -0.342. The van der Waals surface area contributed by atoms with Gasteiger partial charge in [0, 0.05) is 36.4 Å². The van der Waals surface area contributed by atoms with Gasteiger partial charge in [-0.05, 0) is 87.5 Å². The number of thiophene rings is 1. The average molecular weight is 784 g/mol. The molecule has 14 heteroatoms. The second kappa shape index (κ2) is 12.6. The van der Waals surface area contributed by atoms with E-state index >= 15 is 0 Å². The van der Waals surface area contributed by atoms with Crippen molar-refractivity contribution in [3.8, 4) is 16.9 Å². The van der Waals surface area contributed by atoms with Crippen molar-refractivity contribution in [2.24, 2.45) is 0 Å². The fourth-order valence-electron chi connectivity index (χ4n) is 4.97. The molecule has 0 fully saturated rings. The second-order valence-electron chi connectivity index (χ2n) is 11.4. The Balaban J connectivity index is 1.50. The van der Waals surface area contributed by atoms with Gasteiger partial charge in [0.15, 0.2) is 6.29 Å². The molecule has 3 heterocycles. The van der Waals surface area contributed by atoms with E-state index in [4.69, 9.17) is 21.1 Å². The zero-order chi connectivity index (χ0) is 33.7. The fourth-order valence-corrected chi connectivity index (χ4v) is 7.08. The number of fused-ring (bicyclic) bond motifs is 2. The number of alkyl halides is 3. The van der Waals surface area contributed by atoms with E-state index < -0.39 is 34.4 Å². The van der Waals surface area contributed by atoms with E-state index in [0.29, 0.717) is 33.1 Å². The maximum Gasteiger partial charge on any atom is 0.417 e. The molecule has 0 N–H and O–H groups in total. The quantitative estimate of drug-likeness (QED) is 0.0929. The Labute approximate surface area is 283 Å². The van der Waals surface area contributed by atoms with E-state index in [1.54, 1.807) is 66.9 Å². The number of aldehydes is 1. The lowest BCUT2D eigenvalue weighted by molar-refractivity contribution is -0.137. The molecule has 0 aliphatic rings. The van der Waals surface area contributed by atoms with Crippen LogP contribution in [0.15, 0.2) is 40.5 Å². The van der Waals surface area contributed by atoms with Gasteiger partial charge in [-0.25, -0.2) is 9.78 Å². The molecule has 5 aromatic rings. The predicted octanol–water partition coefficient (Wildman–Crippen LogP) is 8.41. The van der Waals surface area contributed by atoms with Crippen molar-refractivity contribution in [3.63, 3.8) is 0 Å². The number of rotatable bonds is 7. The first-order valence-electron chi connectivity index (χ1n) is 13.8. The number of halogens is 5. The van der Waals surface area contributed by atoms with Crippen molar-refractivity contribution in [3.05, 3.63) is 82.9 Å². The molecule has 2 aromatic carbocycles. The Morgan fingerprint density at radius 1 is 1.11 bits per heavy atom. The first-order chi connectivity index (χ1) is 21.5. The molecule has 46 heavy (non-hydrogen) atoms. The van der Waals surface area contributed by atoms with E-state index in [0.717, 1.165) is 16.3 Å². The molecule has 240 valence electrons. The summed E-state index contributed by atoms with van der Waals surface area (Å²) in [4.78, 5) is 46.9. The predicted molar refractivity (Wildman–Crippen MR) is 179 cm³/mol. The minimum Gasteiger partial charge on any atom is -0.491 e. The van der Waals surface area contributed by atoms with Gasteiger partial charge in [-0.15, -0.1) is 11.3 Å². The molecule has 0 atom stereocenters. The average Bonchev–Trinajstić information content (AvgIpc) is 3.37. The van der Waals surface area contributed by atoms with Crippen LogP contribution in [-0.2, 0) is 17.5 Å². The smallest absolute Gasteiger partial charge is 0.417 e. The van der Waals surface area contributed by atoms with E-state index in [2.05, 4.69) is 9.97 Å². The highest BCUT2D eigenvalue weighted by Crippen LogP contribution is 2.41. The van der Waals surface area contributed by atoms with Crippen LogP contribution < -0.4 is 10.3 Å². The third kappa shape index (κ3) is 6.63. The maximum atomic E-state index is 13.6. The third-order valence-electron chi connectivity index (χ3n) is 6.91. The molecule has 0 saturated heterocycles. The Morgan fingerprint density at radius 2 is 1.83 bits per heavy atom. The second-order valence-corrected chi connectivity index (χ2v) is 13.8. The summed E-state index contributed by atoms with van der Waals surface area (Å²) >= 11 is 9.31. The van der Waals surface area contributed by atoms with Crippen molar-refractivity contribution in [1.82, 2.24) is 14.5 Å². The van der Waals surface area contributed by atoms with Crippen LogP contribution in [0, 0.1) is 17.4 Å². The van der Waals surface area contributed by atoms with Crippen LogP contribution >= 0.6 is 45.5 Å². The summed E-state index contributed by atoms with van der Waals surface area (Å²) in [6.45, 7) is 8.68. The number of esters is 1. The number of aromatic nitrogens is 3. The number of aryl methyl sites for hydroxylation is 2. The van der Waals surface area contributed by atoms with Gasteiger partial charge < -0.3 is 9.47 Å². The van der Waals surface area contributed by atoms with Crippen LogP contribution in [0.25, 0.3) is 32.2 Å². The summed E-state index contributed by atoms with van der Waals surface area (Å²) in [6.07, 6.45) is -4.70. The summed E-state index contributed by atoms with van der Waals surface area (Å²) in [7, 11) is 0. The lowest BCUT2D eigenvalue weighted by atomic mass is 10.0. The Bertz CT molecular complexity index is 2100. The number of benzene rings is 2. The normalized spacial score (nSPS) is 12.1. The van der Waals surface area contributed by atoms with E-state index in [-0.39, 0.29) is 39.7 Å². The molecule has 3 aromatic heterocycles. The standard InChI is InChI=1S/C32H26ClF3IN3O5S/c1-15-10-19(28-27(38-15)21(14-46-28)30(43)45-31(3,4)5)18-11-17(33)6-7-24(18)44-9-8-40-16(2)39-23-12-22(32(34,35)36)20(13-41)26(37)25(23)29(40)42/h6-7,10-14H,8-9H2,1-5H3. The topological polar surface area (TPSA) is 100 Å². The molecular formula is C32H26ClF3IN3O5S. The molecule has 0 saturated carbocycles. The monoisotopic (exact) mass is 783 g/mol. The minimum absolute atomic E-state index is 0.00970. The molecule has 0 aliphatic heterocycles. The zero-order valence-corrected chi connectivity index (χ0v) is 28.9. The van der Waals surface area contributed by atoms with Gasteiger partial charge >= 0.3 is 12.1 Å². The highest BCUT2D eigenvalue weighted by atomic mass is 127. The van der Waals surface area contributed by atoms with Crippen LogP contribution in [0.4, 0.5) is 13.2 Å². The lowest BCUT2D eigenvalue weighted by Gasteiger charge is -2.19. The summed E-state index contributed by atoms with van der Waals surface area (Å²) < 4.78 is 54.5. The van der Waals surface area contributed by atoms with Gasteiger partial charge in [-0.2, -0.15) is 13.2 Å². The van der Waals surface area contributed by atoms with Crippen molar-refractivity contribution in [2.45, 2.75) is 52.9 Å². The summed E-state index contributed by atoms with van der Waals surface area (Å²) in [5, 5.41) is 2.07. The molecular weight excluding hydrogens is 758 g/mol. The highest BCUT2D eigenvalue weighted by Gasteiger charge is 2.36. The molecule has 0 spiro atoms. The Hall–Kier alpha value is -3.56.